The molecule has 14 heavy (non-hydrogen) atoms. The number of nitrogens with two attached hydrogens (primary N) is 1. The first-order valence-electron chi connectivity index (χ1n) is 4.24. The minimum atomic E-state index is 0.418. The molecule has 0 unspecified atom stereocenters. The quantitative estimate of drug-likeness (QED) is 0.424. The Morgan fingerprint density at radius 1 is 1.50 bits per heavy atom. The zero-order valence-corrected chi connectivity index (χ0v) is 8.37. The van der Waals surface area contributed by atoms with Crippen LogP contribution in [0.1, 0.15) is 11.4 Å². The molecule has 0 spiro atoms. The number of aromatic nitrogens is 2. The van der Waals surface area contributed by atoms with Gasteiger partial charge in [-0.2, -0.15) is 4.98 Å². The van der Waals surface area contributed by atoms with Gasteiger partial charge in [0.15, 0.2) is 0 Å². The van der Waals surface area contributed by atoms with Crippen LogP contribution in [0, 0.1) is 13.8 Å². The van der Waals surface area contributed by atoms with Crippen LogP contribution in [0.2, 0.25) is 0 Å². The monoisotopic (exact) mass is 194 g/mol. The zero-order valence-electron chi connectivity index (χ0n) is 8.37. The molecular formula is C9H14N4O. The second-order valence-electron chi connectivity index (χ2n) is 2.79. The van der Waals surface area contributed by atoms with Gasteiger partial charge in [0.2, 0.25) is 5.88 Å². The van der Waals surface area contributed by atoms with Crippen molar-refractivity contribution in [3.05, 3.63) is 24.0 Å². The number of rotatable bonds is 4. The average Bonchev–Trinajstić information content (AvgIpc) is 2.18. The van der Waals surface area contributed by atoms with Gasteiger partial charge >= 0.3 is 0 Å². The second kappa shape index (κ2) is 4.57. The molecule has 0 aliphatic heterocycles. The molecular weight excluding hydrogens is 180 g/mol. The lowest BCUT2D eigenvalue weighted by Gasteiger charge is -2.10. The Kier molecular flexibility index (Phi) is 3.41. The Hall–Kier alpha value is -1.62. The van der Waals surface area contributed by atoms with E-state index in [2.05, 4.69) is 22.0 Å². The molecule has 0 saturated heterocycles. The summed E-state index contributed by atoms with van der Waals surface area (Å²) in [5.41, 5.74) is 3.29. The standard InChI is InChI=1S/C9H14N4O/c1-4-5-14-9-6(2)8(13-10)11-7(3)12-9/h4H,1,5,10H2,2-3H3,(H,11,12,13). The maximum absolute atomic E-state index is 5.34. The fourth-order valence-electron chi connectivity index (χ4n) is 1.02. The smallest absolute Gasteiger partial charge is 0.222 e. The molecule has 1 heterocycles. The van der Waals surface area contributed by atoms with Crippen molar-refractivity contribution < 1.29 is 4.74 Å². The molecule has 1 aromatic rings. The summed E-state index contributed by atoms with van der Waals surface area (Å²) in [7, 11) is 0. The fourth-order valence-corrected chi connectivity index (χ4v) is 1.02. The van der Waals surface area contributed by atoms with Crippen LogP contribution in [0.5, 0.6) is 5.88 Å². The first kappa shape index (κ1) is 10.5. The van der Waals surface area contributed by atoms with E-state index in [0.717, 1.165) is 5.56 Å². The van der Waals surface area contributed by atoms with Crippen LogP contribution in [0.25, 0.3) is 0 Å². The van der Waals surface area contributed by atoms with E-state index in [1.54, 1.807) is 13.0 Å². The minimum Gasteiger partial charge on any atom is -0.473 e. The first-order chi connectivity index (χ1) is 6.69. The van der Waals surface area contributed by atoms with Gasteiger partial charge in [-0.1, -0.05) is 12.7 Å². The van der Waals surface area contributed by atoms with E-state index in [1.807, 2.05) is 6.92 Å². The molecule has 0 aliphatic carbocycles. The van der Waals surface area contributed by atoms with Gasteiger partial charge < -0.3 is 10.2 Å². The predicted octanol–water partition coefficient (Wildman–Crippen LogP) is 0.944. The molecule has 0 aromatic carbocycles. The van der Waals surface area contributed by atoms with Crippen LogP contribution in [0.4, 0.5) is 5.82 Å². The zero-order chi connectivity index (χ0) is 10.6. The van der Waals surface area contributed by atoms with Crippen LogP contribution in [-0.2, 0) is 0 Å². The Morgan fingerprint density at radius 3 is 2.79 bits per heavy atom. The Labute approximate surface area is 83.0 Å². The van der Waals surface area contributed by atoms with Crippen LogP contribution in [0.15, 0.2) is 12.7 Å². The second-order valence-corrected chi connectivity index (χ2v) is 2.79. The third-order valence-corrected chi connectivity index (χ3v) is 1.69. The van der Waals surface area contributed by atoms with Crippen LogP contribution in [0.3, 0.4) is 0 Å². The van der Waals surface area contributed by atoms with Gasteiger partial charge in [-0.3, -0.25) is 0 Å². The van der Waals surface area contributed by atoms with Crippen molar-refractivity contribution in [2.75, 3.05) is 12.0 Å². The van der Waals surface area contributed by atoms with Crippen LogP contribution < -0.4 is 16.0 Å². The highest BCUT2D eigenvalue weighted by molar-refractivity contribution is 5.47. The third kappa shape index (κ3) is 2.20. The molecule has 5 heteroatoms. The van der Waals surface area contributed by atoms with E-state index in [4.69, 9.17) is 10.6 Å². The number of anilines is 1. The van der Waals surface area contributed by atoms with E-state index in [0.29, 0.717) is 24.1 Å². The molecule has 1 rings (SSSR count). The van der Waals surface area contributed by atoms with E-state index < -0.39 is 0 Å². The third-order valence-electron chi connectivity index (χ3n) is 1.69. The molecule has 76 valence electrons. The lowest BCUT2D eigenvalue weighted by Crippen LogP contribution is -2.13. The van der Waals surface area contributed by atoms with Crippen molar-refractivity contribution >= 4 is 5.82 Å². The number of aryl methyl sites for hydroxylation is 1. The number of ether oxygens (including phenoxy) is 1. The summed E-state index contributed by atoms with van der Waals surface area (Å²) in [6, 6.07) is 0. The number of hydrogen-bond donors (Lipinski definition) is 2. The Morgan fingerprint density at radius 2 is 2.21 bits per heavy atom. The summed E-state index contributed by atoms with van der Waals surface area (Å²) in [4.78, 5) is 8.25. The number of nitrogens with zero attached hydrogens (tertiary/aromatic N) is 2. The number of nitrogens with one attached hydrogen (secondary N) is 1. The molecule has 0 radical (unpaired) electrons. The largest absolute Gasteiger partial charge is 0.473 e. The van der Waals surface area contributed by atoms with E-state index in [1.165, 1.54) is 0 Å². The lowest BCUT2D eigenvalue weighted by molar-refractivity contribution is 0.344. The van der Waals surface area contributed by atoms with Crippen molar-refractivity contribution in [2.24, 2.45) is 5.84 Å². The summed E-state index contributed by atoms with van der Waals surface area (Å²) < 4.78 is 5.34. The van der Waals surface area contributed by atoms with Gasteiger partial charge in [-0.05, 0) is 13.8 Å². The maximum atomic E-state index is 5.34. The van der Waals surface area contributed by atoms with E-state index >= 15 is 0 Å². The van der Waals surface area contributed by atoms with Crippen molar-refractivity contribution in [1.82, 2.24) is 9.97 Å². The molecule has 0 aliphatic rings. The summed E-state index contributed by atoms with van der Waals surface area (Å²) in [6.45, 7) is 7.60. The molecule has 0 fully saturated rings. The van der Waals surface area contributed by atoms with Gasteiger partial charge in [0.25, 0.3) is 0 Å². The predicted molar refractivity (Wildman–Crippen MR) is 55.0 cm³/mol. The van der Waals surface area contributed by atoms with Gasteiger partial charge in [-0.15, -0.1) is 0 Å². The Balaban J connectivity index is 3.02. The number of nitrogen functional groups attached to an aromatic ring is 1. The average molecular weight is 194 g/mol. The lowest BCUT2D eigenvalue weighted by atomic mass is 10.3. The van der Waals surface area contributed by atoms with Crippen LogP contribution in [-0.4, -0.2) is 16.6 Å². The van der Waals surface area contributed by atoms with Crippen molar-refractivity contribution in [3.8, 4) is 5.88 Å². The van der Waals surface area contributed by atoms with Gasteiger partial charge in [0.05, 0.1) is 5.56 Å². The summed E-state index contributed by atoms with van der Waals surface area (Å²) in [5, 5.41) is 0. The van der Waals surface area contributed by atoms with Crippen LogP contribution >= 0.6 is 0 Å². The topological polar surface area (TPSA) is 73.1 Å². The number of hydrogen-bond acceptors (Lipinski definition) is 5. The minimum absolute atomic E-state index is 0.418. The Bertz CT molecular complexity index is 338. The summed E-state index contributed by atoms with van der Waals surface area (Å²) in [6.07, 6.45) is 1.66. The molecule has 0 saturated carbocycles. The molecule has 0 amide bonds. The normalized spacial score (nSPS) is 9.64. The van der Waals surface area contributed by atoms with E-state index in [-0.39, 0.29) is 0 Å². The molecule has 3 N–H and O–H groups in total. The van der Waals surface area contributed by atoms with Gasteiger partial charge in [0, 0.05) is 0 Å². The molecule has 5 nitrogen and oxygen atoms in total. The molecule has 0 atom stereocenters. The highest BCUT2D eigenvalue weighted by Gasteiger charge is 2.08. The molecule has 1 aromatic heterocycles. The van der Waals surface area contributed by atoms with Crippen molar-refractivity contribution in [3.63, 3.8) is 0 Å². The van der Waals surface area contributed by atoms with Crippen molar-refractivity contribution in [2.45, 2.75) is 13.8 Å². The number of hydrazine groups is 1. The first-order valence-corrected chi connectivity index (χ1v) is 4.24. The highest BCUT2D eigenvalue weighted by atomic mass is 16.5. The van der Waals surface area contributed by atoms with E-state index in [9.17, 15) is 0 Å². The van der Waals surface area contributed by atoms with Gasteiger partial charge in [-0.25, -0.2) is 10.8 Å². The summed E-state index contributed by atoms with van der Waals surface area (Å²) >= 11 is 0. The summed E-state index contributed by atoms with van der Waals surface area (Å²) in [5.74, 6) is 7.03. The fraction of sp³-hybridized carbons (Fsp3) is 0.333. The SMILES string of the molecule is C=CCOc1nc(C)nc(NN)c1C. The maximum Gasteiger partial charge on any atom is 0.222 e. The highest BCUT2D eigenvalue weighted by Crippen LogP contribution is 2.20. The van der Waals surface area contributed by atoms with Crippen molar-refractivity contribution in [1.29, 1.82) is 0 Å². The molecule has 0 bridgehead atoms. The van der Waals surface area contributed by atoms with Gasteiger partial charge in [0.1, 0.15) is 18.2 Å².